The fourth-order valence-electron chi connectivity index (χ4n) is 3.15. The van der Waals surface area contributed by atoms with Crippen LogP contribution in [0.3, 0.4) is 0 Å². The Morgan fingerprint density at radius 1 is 1.00 bits per heavy atom. The molecule has 3 aromatic rings. The highest BCUT2D eigenvalue weighted by Gasteiger charge is 2.39. The van der Waals surface area contributed by atoms with Gasteiger partial charge in [0.1, 0.15) is 11.6 Å². The number of carbonyl (C=O) groups excluding carboxylic acids is 1. The van der Waals surface area contributed by atoms with Crippen molar-refractivity contribution >= 4 is 21.6 Å². The van der Waals surface area contributed by atoms with Crippen LogP contribution in [0.25, 0.3) is 0 Å². The van der Waals surface area contributed by atoms with Gasteiger partial charge in [-0.25, -0.2) is 12.8 Å². The van der Waals surface area contributed by atoms with Gasteiger partial charge in [0.05, 0.1) is 24.1 Å². The normalized spacial score (nSPS) is 11.9. The first-order chi connectivity index (χ1) is 16.0. The van der Waals surface area contributed by atoms with E-state index in [2.05, 4.69) is 5.32 Å². The van der Waals surface area contributed by atoms with E-state index < -0.39 is 51.5 Å². The first-order valence-electron chi connectivity index (χ1n) is 9.85. The number of methoxy groups -OCH3 is 1. The van der Waals surface area contributed by atoms with Crippen molar-refractivity contribution in [2.45, 2.75) is 17.6 Å². The fraction of sp³-hybridized carbons (Fsp3) is 0.174. The van der Waals surface area contributed by atoms with E-state index in [1.54, 1.807) is 12.1 Å². The summed E-state index contributed by atoms with van der Waals surface area (Å²) < 4.78 is 86.2. The van der Waals surface area contributed by atoms with Gasteiger partial charge in [0.15, 0.2) is 0 Å². The molecule has 6 nitrogen and oxygen atoms in total. The Hall–Kier alpha value is -3.44. The van der Waals surface area contributed by atoms with Crippen LogP contribution in [0.15, 0.2) is 77.7 Å². The Morgan fingerprint density at radius 2 is 1.68 bits per heavy atom. The van der Waals surface area contributed by atoms with Crippen molar-refractivity contribution in [1.82, 2.24) is 4.31 Å². The number of ether oxygens (including phenoxy) is 1. The summed E-state index contributed by atoms with van der Waals surface area (Å²) in [6.07, 6.45) is -4.94. The minimum atomic E-state index is -4.94. The van der Waals surface area contributed by atoms with Crippen LogP contribution in [-0.4, -0.2) is 32.3 Å². The zero-order valence-corrected chi connectivity index (χ0v) is 18.7. The van der Waals surface area contributed by atoms with E-state index in [1.165, 1.54) is 31.4 Å². The van der Waals surface area contributed by atoms with Gasteiger partial charge < -0.3 is 10.1 Å². The molecule has 11 heteroatoms. The molecule has 0 heterocycles. The highest BCUT2D eigenvalue weighted by atomic mass is 32.2. The smallest absolute Gasteiger partial charge is 0.417 e. The van der Waals surface area contributed by atoms with Gasteiger partial charge in [-0.05, 0) is 42.0 Å². The fourth-order valence-corrected chi connectivity index (χ4v) is 4.74. The SMILES string of the molecule is COc1cccc(NC(=O)CN(Cc2ccc(F)cc2)S(=O)(=O)c2ccccc2C(F)(F)F)c1. The number of sulfonamides is 1. The van der Waals surface area contributed by atoms with E-state index >= 15 is 0 Å². The average molecular weight is 496 g/mol. The minimum absolute atomic E-state index is 0.281. The lowest BCUT2D eigenvalue weighted by molar-refractivity contribution is -0.139. The monoisotopic (exact) mass is 496 g/mol. The molecular formula is C23H20F4N2O4S. The number of halogens is 4. The molecule has 1 N–H and O–H groups in total. The van der Waals surface area contributed by atoms with Crippen LogP contribution < -0.4 is 10.1 Å². The van der Waals surface area contributed by atoms with E-state index in [1.807, 2.05) is 0 Å². The molecule has 0 saturated carbocycles. The van der Waals surface area contributed by atoms with Crippen molar-refractivity contribution in [2.75, 3.05) is 19.0 Å². The molecule has 0 aliphatic heterocycles. The van der Waals surface area contributed by atoms with Gasteiger partial charge in [0.2, 0.25) is 15.9 Å². The molecule has 0 unspecified atom stereocenters. The Balaban J connectivity index is 1.96. The van der Waals surface area contributed by atoms with Crippen molar-refractivity contribution in [1.29, 1.82) is 0 Å². The van der Waals surface area contributed by atoms with Gasteiger partial charge in [0, 0.05) is 18.3 Å². The maximum absolute atomic E-state index is 13.5. The molecule has 0 spiro atoms. The average Bonchev–Trinajstić information content (AvgIpc) is 2.79. The lowest BCUT2D eigenvalue weighted by Gasteiger charge is -2.24. The molecule has 34 heavy (non-hydrogen) atoms. The number of amides is 1. The molecule has 3 rings (SSSR count). The lowest BCUT2D eigenvalue weighted by atomic mass is 10.2. The topological polar surface area (TPSA) is 75.7 Å². The molecule has 0 radical (unpaired) electrons. The van der Waals surface area contributed by atoms with Gasteiger partial charge in [-0.3, -0.25) is 4.79 Å². The first-order valence-corrected chi connectivity index (χ1v) is 11.3. The second-order valence-corrected chi connectivity index (χ2v) is 9.08. The largest absolute Gasteiger partial charge is 0.497 e. The summed E-state index contributed by atoms with van der Waals surface area (Å²) in [5, 5.41) is 2.50. The molecule has 0 bridgehead atoms. The van der Waals surface area contributed by atoms with E-state index in [-0.39, 0.29) is 5.56 Å². The second kappa shape index (κ2) is 10.2. The van der Waals surface area contributed by atoms with Gasteiger partial charge in [-0.2, -0.15) is 17.5 Å². The van der Waals surface area contributed by atoms with Gasteiger partial charge in [0.25, 0.3) is 0 Å². The standard InChI is InChI=1S/C23H20F4N2O4S/c1-33-19-6-4-5-18(13-19)28-22(30)15-29(14-16-9-11-17(24)12-10-16)34(31,32)21-8-3-2-7-20(21)23(25,26)27/h2-13H,14-15H2,1H3,(H,28,30). The molecule has 1 amide bonds. The van der Waals surface area contributed by atoms with Crippen molar-refractivity contribution in [3.8, 4) is 5.75 Å². The van der Waals surface area contributed by atoms with Gasteiger partial charge in [-0.1, -0.05) is 30.3 Å². The Bertz CT molecular complexity index is 1260. The van der Waals surface area contributed by atoms with Crippen molar-refractivity contribution in [3.05, 3.63) is 89.7 Å². The molecule has 0 atom stereocenters. The van der Waals surface area contributed by atoms with E-state index in [0.29, 0.717) is 21.8 Å². The number of benzene rings is 3. The third-order valence-electron chi connectivity index (χ3n) is 4.76. The predicted molar refractivity (Wildman–Crippen MR) is 117 cm³/mol. The van der Waals surface area contributed by atoms with E-state index in [0.717, 1.165) is 30.3 Å². The molecule has 0 fully saturated rings. The summed E-state index contributed by atoms with van der Waals surface area (Å²) in [6, 6.07) is 14.7. The number of hydrogen-bond acceptors (Lipinski definition) is 4. The van der Waals surface area contributed by atoms with Crippen LogP contribution in [-0.2, 0) is 27.5 Å². The Kier molecular flexibility index (Phi) is 7.57. The van der Waals surface area contributed by atoms with Crippen LogP contribution >= 0.6 is 0 Å². The highest BCUT2D eigenvalue weighted by Crippen LogP contribution is 2.35. The molecule has 0 aliphatic carbocycles. The van der Waals surface area contributed by atoms with E-state index in [9.17, 15) is 30.8 Å². The van der Waals surface area contributed by atoms with Crippen molar-refractivity contribution in [3.63, 3.8) is 0 Å². The Morgan fingerprint density at radius 3 is 2.32 bits per heavy atom. The van der Waals surface area contributed by atoms with Gasteiger partial charge in [-0.15, -0.1) is 0 Å². The number of anilines is 1. The summed E-state index contributed by atoms with van der Waals surface area (Å²) in [5.74, 6) is -0.924. The number of carbonyl (C=O) groups is 1. The zero-order valence-electron chi connectivity index (χ0n) is 17.8. The summed E-state index contributed by atoms with van der Waals surface area (Å²) >= 11 is 0. The zero-order chi connectivity index (χ0) is 24.9. The number of alkyl halides is 3. The first kappa shape index (κ1) is 25.2. The number of hydrogen-bond donors (Lipinski definition) is 1. The second-order valence-electron chi connectivity index (χ2n) is 7.17. The lowest BCUT2D eigenvalue weighted by Crippen LogP contribution is -2.38. The third kappa shape index (κ3) is 6.12. The Labute approximate surface area is 193 Å². The number of rotatable bonds is 8. The predicted octanol–water partition coefficient (Wildman–Crippen LogP) is 4.68. The van der Waals surface area contributed by atoms with Crippen molar-refractivity contribution < 1.29 is 35.5 Å². The minimum Gasteiger partial charge on any atom is -0.497 e. The van der Waals surface area contributed by atoms with Crippen LogP contribution in [0.4, 0.5) is 23.2 Å². The molecule has 180 valence electrons. The highest BCUT2D eigenvalue weighted by molar-refractivity contribution is 7.89. The van der Waals surface area contributed by atoms with Gasteiger partial charge >= 0.3 is 6.18 Å². The summed E-state index contributed by atoms with van der Waals surface area (Å²) in [7, 11) is -3.36. The van der Waals surface area contributed by atoms with E-state index in [4.69, 9.17) is 4.74 Å². The number of nitrogens with zero attached hydrogens (tertiary/aromatic N) is 1. The maximum Gasteiger partial charge on any atom is 0.417 e. The third-order valence-corrected chi connectivity index (χ3v) is 6.61. The number of nitrogens with one attached hydrogen (secondary N) is 1. The van der Waals surface area contributed by atoms with Crippen LogP contribution in [0.2, 0.25) is 0 Å². The van der Waals surface area contributed by atoms with Crippen LogP contribution in [0.5, 0.6) is 5.75 Å². The summed E-state index contributed by atoms with van der Waals surface area (Å²) in [6.45, 7) is -1.25. The maximum atomic E-state index is 13.5. The molecule has 0 aromatic heterocycles. The van der Waals surface area contributed by atoms with Crippen LogP contribution in [0.1, 0.15) is 11.1 Å². The molecular weight excluding hydrogens is 476 g/mol. The molecule has 0 saturated heterocycles. The summed E-state index contributed by atoms with van der Waals surface area (Å²) in [5.41, 5.74) is -0.768. The summed E-state index contributed by atoms with van der Waals surface area (Å²) in [4.78, 5) is 11.7. The quantitative estimate of drug-likeness (QED) is 0.460. The van der Waals surface area contributed by atoms with Crippen LogP contribution in [0, 0.1) is 5.82 Å². The molecule has 0 aliphatic rings. The van der Waals surface area contributed by atoms with Crippen molar-refractivity contribution in [2.24, 2.45) is 0 Å². The molecule has 3 aromatic carbocycles.